The maximum absolute atomic E-state index is 12.2. The van der Waals surface area contributed by atoms with E-state index in [1.807, 2.05) is 0 Å². The first-order chi connectivity index (χ1) is 13.2. The number of ether oxygens (including phenoxy) is 2. The molecule has 8 nitrogen and oxygen atoms in total. The van der Waals surface area contributed by atoms with Gasteiger partial charge < -0.3 is 19.7 Å². The number of carbonyl (C=O) groups excluding carboxylic acids is 2. The zero-order valence-corrected chi connectivity index (χ0v) is 17.0. The van der Waals surface area contributed by atoms with Crippen LogP contribution in [0.2, 0.25) is 0 Å². The second kappa shape index (κ2) is 9.47. The lowest BCUT2D eigenvalue weighted by atomic mass is 10.1. The molecule has 10 heteroatoms. The lowest BCUT2D eigenvalue weighted by molar-refractivity contribution is -0.166. The molecule has 2 aromatic rings. The maximum Gasteiger partial charge on any atom is 0.349 e. The smallest absolute Gasteiger partial charge is 0.349 e. The Morgan fingerprint density at radius 3 is 1.36 bits per heavy atom. The van der Waals surface area contributed by atoms with Crippen LogP contribution in [-0.4, -0.2) is 46.3 Å². The Labute approximate surface area is 175 Å². The fourth-order valence-electron chi connectivity index (χ4n) is 2.08. The lowest BCUT2D eigenvalue weighted by Crippen LogP contribution is -2.45. The number of esters is 2. The second-order valence-electron chi connectivity index (χ2n) is 5.35. The van der Waals surface area contributed by atoms with Gasteiger partial charge >= 0.3 is 23.9 Å². The average Bonchev–Trinajstić information content (AvgIpc) is 2.63. The quantitative estimate of drug-likeness (QED) is 0.538. The van der Waals surface area contributed by atoms with Gasteiger partial charge in [0.1, 0.15) is 0 Å². The molecule has 2 rings (SSSR count). The van der Waals surface area contributed by atoms with Crippen LogP contribution in [0.15, 0.2) is 57.5 Å². The largest absolute Gasteiger partial charge is 0.478 e. The van der Waals surface area contributed by atoms with Crippen LogP contribution >= 0.6 is 31.9 Å². The number of carboxylic acids is 2. The van der Waals surface area contributed by atoms with E-state index in [1.54, 1.807) is 12.1 Å². The molecule has 146 valence electrons. The van der Waals surface area contributed by atoms with Gasteiger partial charge in [-0.15, -0.1) is 0 Å². The molecule has 0 aromatic heterocycles. The summed E-state index contributed by atoms with van der Waals surface area (Å²) >= 11 is 6.30. The number of rotatable bonds is 7. The molecule has 0 spiro atoms. The van der Waals surface area contributed by atoms with Crippen molar-refractivity contribution in [3.63, 3.8) is 0 Å². The highest BCUT2D eigenvalue weighted by Gasteiger charge is 2.41. The first-order valence-electron chi connectivity index (χ1n) is 7.57. The first kappa shape index (κ1) is 21.6. The van der Waals surface area contributed by atoms with Gasteiger partial charge in [0, 0.05) is 8.95 Å². The molecule has 0 aliphatic rings. The number of hydrogen-bond donors (Lipinski definition) is 2. The van der Waals surface area contributed by atoms with Crippen molar-refractivity contribution < 1.29 is 38.9 Å². The van der Waals surface area contributed by atoms with Crippen molar-refractivity contribution in [3.8, 4) is 0 Å². The van der Waals surface area contributed by atoms with Crippen LogP contribution < -0.4 is 0 Å². The number of benzene rings is 2. The van der Waals surface area contributed by atoms with Crippen LogP contribution in [0.1, 0.15) is 20.7 Å². The molecule has 0 saturated heterocycles. The van der Waals surface area contributed by atoms with Gasteiger partial charge in [0.05, 0.1) is 11.1 Å². The van der Waals surface area contributed by atoms with Crippen LogP contribution in [0.5, 0.6) is 0 Å². The molecule has 0 heterocycles. The maximum atomic E-state index is 12.2. The third kappa shape index (κ3) is 5.64. The van der Waals surface area contributed by atoms with Crippen LogP contribution in [0.25, 0.3) is 0 Å². The number of carboxylic acid groups (broad SMARTS) is 2. The summed E-state index contributed by atoms with van der Waals surface area (Å²) in [4.78, 5) is 47.4. The van der Waals surface area contributed by atoms with Crippen LogP contribution in [0.3, 0.4) is 0 Å². The number of carbonyl (C=O) groups is 4. The van der Waals surface area contributed by atoms with E-state index >= 15 is 0 Å². The summed E-state index contributed by atoms with van der Waals surface area (Å²) in [5, 5.41) is 18.6. The lowest BCUT2D eigenvalue weighted by Gasteiger charge is -2.21. The van der Waals surface area contributed by atoms with E-state index in [1.165, 1.54) is 36.4 Å². The summed E-state index contributed by atoms with van der Waals surface area (Å²) in [5.74, 6) is -5.73. The van der Waals surface area contributed by atoms with Gasteiger partial charge in [-0.3, -0.25) is 0 Å². The van der Waals surface area contributed by atoms with Gasteiger partial charge in [0.15, 0.2) is 0 Å². The van der Waals surface area contributed by atoms with Crippen molar-refractivity contribution in [2.24, 2.45) is 0 Å². The zero-order chi connectivity index (χ0) is 20.8. The predicted octanol–water partition coefficient (Wildman–Crippen LogP) is 3.13. The Balaban J connectivity index is 2.24. The molecule has 0 aliphatic heterocycles. The second-order valence-corrected chi connectivity index (χ2v) is 7.18. The molecule has 2 atom stereocenters. The Morgan fingerprint density at radius 2 is 1.07 bits per heavy atom. The van der Waals surface area contributed by atoms with Crippen molar-refractivity contribution in [2.75, 3.05) is 0 Å². The highest BCUT2D eigenvalue weighted by Crippen LogP contribution is 2.17. The average molecular weight is 516 g/mol. The van der Waals surface area contributed by atoms with Gasteiger partial charge in [0.2, 0.25) is 12.2 Å². The summed E-state index contributed by atoms with van der Waals surface area (Å²) in [6.45, 7) is 0. The molecule has 0 aliphatic carbocycles. The summed E-state index contributed by atoms with van der Waals surface area (Å²) in [7, 11) is 0. The number of hydrogen-bond acceptors (Lipinski definition) is 6. The molecular weight excluding hydrogens is 504 g/mol. The summed E-state index contributed by atoms with van der Waals surface area (Å²) < 4.78 is 10.7. The fraction of sp³-hybridized carbons (Fsp3) is 0.111. The summed E-state index contributed by atoms with van der Waals surface area (Å²) in [6, 6.07) is 11.7. The normalized spacial score (nSPS) is 12.5. The van der Waals surface area contributed by atoms with E-state index in [0.29, 0.717) is 8.95 Å². The fourth-order valence-corrected chi connectivity index (χ4v) is 2.88. The highest BCUT2D eigenvalue weighted by molar-refractivity contribution is 9.10. The summed E-state index contributed by atoms with van der Waals surface area (Å²) in [5.41, 5.74) is -0.0221. The molecule has 0 radical (unpaired) electrons. The topological polar surface area (TPSA) is 127 Å². The van der Waals surface area contributed by atoms with Crippen molar-refractivity contribution in [1.82, 2.24) is 0 Å². The zero-order valence-electron chi connectivity index (χ0n) is 13.9. The number of halogens is 2. The Kier molecular flexibility index (Phi) is 7.30. The third-order valence-corrected chi connectivity index (χ3v) is 4.34. The number of aliphatic carboxylic acids is 2. The molecule has 0 fully saturated rings. The van der Waals surface area contributed by atoms with E-state index in [-0.39, 0.29) is 11.1 Å². The van der Waals surface area contributed by atoms with Gasteiger partial charge in [-0.1, -0.05) is 44.0 Å². The van der Waals surface area contributed by atoms with E-state index < -0.39 is 36.1 Å². The molecule has 0 amide bonds. The van der Waals surface area contributed by atoms with Crippen molar-refractivity contribution in [1.29, 1.82) is 0 Å². The molecule has 0 bridgehead atoms. The molecule has 2 aromatic carbocycles. The van der Waals surface area contributed by atoms with E-state index in [2.05, 4.69) is 31.9 Å². The Morgan fingerprint density at radius 1 is 0.714 bits per heavy atom. The van der Waals surface area contributed by atoms with Gasteiger partial charge in [0.25, 0.3) is 0 Å². The van der Waals surface area contributed by atoms with Crippen molar-refractivity contribution >= 4 is 55.7 Å². The molecule has 28 heavy (non-hydrogen) atoms. The highest BCUT2D eigenvalue weighted by atomic mass is 79.9. The van der Waals surface area contributed by atoms with Crippen LogP contribution in [0, 0.1) is 0 Å². The molecule has 2 N–H and O–H groups in total. The minimum Gasteiger partial charge on any atom is -0.478 e. The third-order valence-electron chi connectivity index (χ3n) is 3.35. The van der Waals surface area contributed by atoms with E-state index in [9.17, 15) is 29.4 Å². The molecule has 2 unspecified atom stereocenters. The minimum absolute atomic E-state index is 0.0110. The summed E-state index contributed by atoms with van der Waals surface area (Å²) in [6.07, 6.45) is -4.50. The Bertz CT molecular complexity index is 852. The standard InChI is InChI=1S/C18H12Br2O8/c19-11-5-1-3-9(7-11)17(25)27-13(15(21)22)14(16(23)24)28-18(26)10-4-2-6-12(20)8-10/h1-8,13-14H,(H,21,22)(H,23,24). The Hall–Kier alpha value is -2.72. The van der Waals surface area contributed by atoms with Crippen molar-refractivity contribution in [2.45, 2.75) is 12.2 Å². The van der Waals surface area contributed by atoms with Gasteiger partial charge in [-0.2, -0.15) is 0 Å². The first-order valence-corrected chi connectivity index (χ1v) is 9.16. The van der Waals surface area contributed by atoms with E-state index in [4.69, 9.17) is 9.47 Å². The van der Waals surface area contributed by atoms with Crippen LogP contribution in [-0.2, 0) is 19.1 Å². The van der Waals surface area contributed by atoms with E-state index in [0.717, 1.165) is 0 Å². The SMILES string of the molecule is O=C(OC(C(=O)O)C(OC(=O)c1cccc(Br)c1)C(=O)O)c1cccc(Br)c1. The molecule has 0 saturated carbocycles. The predicted molar refractivity (Wildman–Crippen MR) is 102 cm³/mol. The monoisotopic (exact) mass is 514 g/mol. The minimum atomic E-state index is -2.25. The van der Waals surface area contributed by atoms with Crippen LogP contribution in [0.4, 0.5) is 0 Å². The molecular formula is C18H12Br2O8. The van der Waals surface area contributed by atoms with Gasteiger partial charge in [-0.25, -0.2) is 19.2 Å². The van der Waals surface area contributed by atoms with Crippen molar-refractivity contribution in [3.05, 3.63) is 68.6 Å². The van der Waals surface area contributed by atoms with Gasteiger partial charge in [-0.05, 0) is 36.4 Å².